The van der Waals surface area contributed by atoms with E-state index >= 15 is 0 Å². The van der Waals surface area contributed by atoms with Crippen LogP contribution in [0.15, 0.2) is 35.0 Å². The van der Waals surface area contributed by atoms with Gasteiger partial charge in [-0.3, -0.25) is 10.1 Å². The first-order chi connectivity index (χ1) is 8.68. The molecular weight excluding hydrogens is 248 g/mol. The zero-order valence-corrected chi connectivity index (χ0v) is 10.9. The van der Waals surface area contributed by atoms with Crippen molar-refractivity contribution in [3.8, 4) is 0 Å². The fraction of sp³-hybridized carbons (Fsp3) is 0.231. The third-order valence-corrected chi connectivity index (χ3v) is 3.54. The van der Waals surface area contributed by atoms with Crippen molar-refractivity contribution in [2.75, 3.05) is 11.9 Å². The van der Waals surface area contributed by atoms with E-state index in [-0.39, 0.29) is 10.6 Å². The number of anilines is 1. The lowest BCUT2D eigenvalue weighted by atomic mass is 10.1. The SMILES string of the molecule is Cc1c(NCCc2ccsc2)cccc1[N+](=O)[O-]. The molecule has 94 valence electrons. The summed E-state index contributed by atoms with van der Waals surface area (Å²) in [5.41, 5.74) is 2.97. The van der Waals surface area contributed by atoms with Crippen LogP contribution in [0.2, 0.25) is 0 Å². The van der Waals surface area contributed by atoms with Crippen LogP contribution in [0.1, 0.15) is 11.1 Å². The Balaban J connectivity index is 2.01. The minimum absolute atomic E-state index is 0.163. The Morgan fingerprint density at radius 1 is 1.39 bits per heavy atom. The molecule has 0 radical (unpaired) electrons. The van der Waals surface area contributed by atoms with E-state index in [9.17, 15) is 10.1 Å². The molecule has 0 saturated carbocycles. The molecule has 2 rings (SSSR count). The normalized spacial score (nSPS) is 10.3. The minimum atomic E-state index is -0.348. The summed E-state index contributed by atoms with van der Waals surface area (Å²) >= 11 is 1.68. The molecule has 0 aliphatic rings. The molecule has 1 aromatic heterocycles. The van der Waals surface area contributed by atoms with Gasteiger partial charge in [-0.2, -0.15) is 11.3 Å². The van der Waals surface area contributed by atoms with Crippen LogP contribution in [-0.4, -0.2) is 11.5 Å². The van der Waals surface area contributed by atoms with Gasteiger partial charge in [0.05, 0.1) is 4.92 Å². The van der Waals surface area contributed by atoms with Crippen LogP contribution >= 0.6 is 11.3 Å². The van der Waals surface area contributed by atoms with Crippen LogP contribution < -0.4 is 5.32 Å². The van der Waals surface area contributed by atoms with Crippen LogP contribution in [0.4, 0.5) is 11.4 Å². The topological polar surface area (TPSA) is 55.2 Å². The number of benzene rings is 1. The molecule has 0 spiro atoms. The fourth-order valence-electron chi connectivity index (χ4n) is 1.79. The number of nitrogens with one attached hydrogen (secondary N) is 1. The summed E-state index contributed by atoms with van der Waals surface area (Å²) in [6, 6.07) is 7.19. The Hall–Kier alpha value is -1.88. The quantitative estimate of drug-likeness (QED) is 0.661. The minimum Gasteiger partial charge on any atom is -0.384 e. The van der Waals surface area contributed by atoms with Crippen LogP contribution in [0.25, 0.3) is 0 Å². The van der Waals surface area contributed by atoms with E-state index in [0.29, 0.717) is 5.56 Å². The number of thiophene rings is 1. The van der Waals surface area contributed by atoms with Crippen molar-refractivity contribution in [3.63, 3.8) is 0 Å². The van der Waals surface area contributed by atoms with E-state index < -0.39 is 0 Å². The van der Waals surface area contributed by atoms with Crippen LogP contribution in [0.3, 0.4) is 0 Å². The van der Waals surface area contributed by atoms with Crippen LogP contribution in [0.5, 0.6) is 0 Å². The predicted octanol–water partition coefficient (Wildman–Crippen LogP) is 3.62. The number of nitro benzene ring substituents is 1. The lowest BCUT2D eigenvalue weighted by Crippen LogP contribution is -2.06. The molecule has 0 unspecified atom stereocenters. The molecule has 0 saturated heterocycles. The van der Waals surface area contributed by atoms with E-state index in [1.54, 1.807) is 24.3 Å². The Kier molecular flexibility index (Phi) is 3.94. The summed E-state index contributed by atoms with van der Waals surface area (Å²) in [5, 5.41) is 18.2. The molecule has 0 aliphatic carbocycles. The molecule has 2 aromatic rings. The van der Waals surface area contributed by atoms with Gasteiger partial charge in [0.2, 0.25) is 0 Å². The smallest absolute Gasteiger partial charge is 0.274 e. The maximum atomic E-state index is 10.8. The Bertz CT molecular complexity index is 538. The van der Waals surface area contributed by atoms with Gasteiger partial charge in [-0.1, -0.05) is 6.07 Å². The third kappa shape index (κ3) is 2.87. The largest absolute Gasteiger partial charge is 0.384 e. The molecular formula is C13H14N2O2S. The molecule has 0 aliphatic heterocycles. The highest BCUT2D eigenvalue weighted by Gasteiger charge is 2.12. The molecule has 0 fully saturated rings. The van der Waals surface area contributed by atoms with Crippen LogP contribution in [-0.2, 0) is 6.42 Å². The van der Waals surface area contributed by atoms with Crippen molar-refractivity contribution >= 4 is 22.7 Å². The molecule has 0 amide bonds. The molecule has 18 heavy (non-hydrogen) atoms. The van der Waals surface area contributed by atoms with E-state index in [1.165, 1.54) is 11.6 Å². The van der Waals surface area contributed by atoms with Gasteiger partial charge in [-0.25, -0.2) is 0 Å². The summed E-state index contributed by atoms with van der Waals surface area (Å²) < 4.78 is 0. The molecule has 1 aromatic carbocycles. The average molecular weight is 262 g/mol. The summed E-state index contributed by atoms with van der Waals surface area (Å²) in [6.07, 6.45) is 0.922. The van der Waals surface area contributed by atoms with E-state index in [0.717, 1.165) is 18.7 Å². The molecule has 1 heterocycles. The van der Waals surface area contributed by atoms with Crippen molar-refractivity contribution in [1.82, 2.24) is 0 Å². The fourth-order valence-corrected chi connectivity index (χ4v) is 2.49. The van der Waals surface area contributed by atoms with Gasteiger partial charge in [-0.05, 0) is 41.8 Å². The third-order valence-electron chi connectivity index (χ3n) is 2.81. The number of nitrogens with zero attached hydrogens (tertiary/aromatic N) is 1. The molecule has 0 bridgehead atoms. The van der Waals surface area contributed by atoms with Gasteiger partial charge in [0, 0.05) is 23.9 Å². The number of hydrogen-bond acceptors (Lipinski definition) is 4. The van der Waals surface area contributed by atoms with Gasteiger partial charge in [0.15, 0.2) is 0 Å². The van der Waals surface area contributed by atoms with E-state index in [2.05, 4.69) is 16.8 Å². The van der Waals surface area contributed by atoms with E-state index in [4.69, 9.17) is 0 Å². The standard InChI is InChI=1S/C13H14N2O2S/c1-10-12(3-2-4-13(10)15(16)17)14-7-5-11-6-8-18-9-11/h2-4,6,8-9,14H,5,7H2,1H3. The first-order valence-corrected chi connectivity index (χ1v) is 6.61. The first-order valence-electron chi connectivity index (χ1n) is 5.67. The highest BCUT2D eigenvalue weighted by Crippen LogP contribution is 2.24. The summed E-state index contributed by atoms with van der Waals surface area (Å²) in [4.78, 5) is 10.5. The highest BCUT2D eigenvalue weighted by molar-refractivity contribution is 7.07. The zero-order chi connectivity index (χ0) is 13.0. The number of rotatable bonds is 5. The molecule has 0 atom stereocenters. The van der Waals surface area contributed by atoms with Gasteiger partial charge in [0.25, 0.3) is 5.69 Å². The number of hydrogen-bond donors (Lipinski definition) is 1. The maximum absolute atomic E-state index is 10.8. The lowest BCUT2D eigenvalue weighted by molar-refractivity contribution is -0.385. The molecule has 4 nitrogen and oxygen atoms in total. The van der Waals surface area contributed by atoms with Crippen molar-refractivity contribution in [2.24, 2.45) is 0 Å². The van der Waals surface area contributed by atoms with E-state index in [1.807, 2.05) is 11.4 Å². The Morgan fingerprint density at radius 2 is 2.22 bits per heavy atom. The monoisotopic (exact) mass is 262 g/mol. The van der Waals surface area contributed by atoms with Gasteiger partial charge in [0.1, 0.15) is 0 Å². The highest BCUT2D eigenvalue weighted by atomic mass is 32.1. The van der Waals surface area contributed by atoms with Crippen molar-refractivity contribution in [1.29, 1.82) is 0 Å². The molecule has 5 heteroatoms. The van der Waals surface area contributed by atoms with Crippen molar-refractivity contribution < 1.29 is 4.92 Å². The van der Waals surface area contributed by atoms with Gasteiger partial charge >= 0.3 is 0 Å². The first kappa shape index (κ1) is 12.6. The average Bonchev–Trinajstić information content (AvgIpc) is 2.84. The lowest BCUT2D eigenvalue weighted by Gasteiger charge is -2.08. The summed E-state index contributed by atoms with van der Waals surface area (Å²) in [7, 11) is 0. The molecule has 1 N–H and O–H groups in total. The zero-order valence-electron chi connectivity index (χ0n) is 10.1. The maximum Gasteiger partial charge on any atom is 0.274 e. The van der Waals surface area contributed by atoms with Gasteiger partial charge < -0.3 is 5.32 Å². The predicted molar refractivity (Wildman–Crippen MR) is 74.3 cm³/mol. The second kappa shape index (κ2) is 5.64. The summed E-state index contributed by atoms with van der Waals surface area (Å²) in [5.74, 6) is 0. The Morgan fingerprint density at radius 3 is 2.89 bits per heavy atom. The second-order valence-corrected chi connectivity index (χ2v) is 4.80. The van der Waals surface area contributed by atoms with Gasteiger partial charge in [-0.15, -0.1) is 0 Å². The second-order valence-electron chi connectivity index (χ2n) is 4.02. The van der Waals surface area contributed by atoms with Crippen molar-refractivity contribution in [3.05, 3.63) is 56.3 Å². The van der Waals surface area contributed by atoms with Crippen molar-refractivity contribution in [2.45, 2.75) is 13.3 Å². The number of nitro groups is 1. The Labute approximate surface area is 109 Å². The summed E-state index contributed by atoms with van der Waals surface area (Å²) in [6.45, 7) is 2.55. The van der Waals surface area contributed by atoms with Crippen LogP contribution in [0, 0.1) is 17.0 Å².